The van der Waals surface area contributed by atoms with Gasteiger partial charge in [-0.2, -0.15) is 0 Å². The molecule has 0 atom stereocenters. The number of hydrogen-bond donors (Lipinski definition) is 2. The van der Waals surface area contributed by atoms with Crippen molar-refractivity contribution in [2.45, 2.75) is 31.6 Å². The highest BCUT2D eigenvalue weighted by Crippen LogP contribution is 2.28. The molecule has 0 radical (unpaired) electrons. The molecule has 28 heavy (non-hydrogen) atoms. The molecule has 1 aliphatic heterocycles. The fourth-order valence-corrected chi connectivity index (χ4v) is 4.07. The normalized spacial score (nSPS) is 14.3. The van der Waals surface area contributed by atoms with Gasteiger partial charge in [-0.05, 0) is 55.0 Å². The Hall–Kier alpha value is -3.20. The lowest BCUT2D eigenvalue weighted by Gasteiger charge is -2.17. The van der Waals surface area contributed by atoms with Crippen LogP contribution in [0.1, 0.15) is 25.3 Å². The number of imide groups is 1. The van der Waals surface area contributed by atoms with Crippen LogP contribution >= 0.6 is 0 Å². The molecular weight excluding hydrogens is 382 g/mol. The van der Waals surface area contributed by atoms with Crippen LogP contribution in [-0.2, 0) is 24.4 Å². The Kier molecular flexibility index (Phi) is 5.19. The van der Waals surface area contributed by atoms with E-state index in [1.807, 2.05) is 0 Å². The number of nitrogens with zero attached hydrogens (tertiary/aromatic N) is 1. The van der Waals surface area contributed by atoms with E-state index in [0.717, 1.165) is 4.90 Å². The highest BCUT2D eigenvalue weighted by atomic mass is 32.2. The minimum Gasteiger partial charge on any atom is -0.326 e. The molecular formula is C19H19N3O5S. The Morgan fingerprint density at radius 2 is 1.54 bits per heavy atom. The zero-order valence-corrected chi connectivity index (χ0v) is 16.2. The third kappa shape index (κ3) is 4.04. The summed E-state index contributed by atoms with van der Waals surface area (Å²) >= 11 is 0. The number of aryl methyl sites for hydroxylation is 1. The van der Waals surface area contributed by atoms with E-state index in [4.69, 9.17) is 0 Å². The fraction of sp³-hybridized carbons (Fsp3) is 0.211. The lowest BCUT2D eigenvalue weighted by atomic mass is 10.2. The van der Waals surface area contributed by atoms with E-state index in [0.29, 0.717) is 22.6 Å². The van der Waals surface area contributed by atoms with Crippen molar-refractivity contribution >= 4 is 44.8 Å². The van der Waals surface area contributed by atoms with Crippen LogP contribution in [-0.4, -0.2) is 26.1 Å². The number of amides is 3. The lowest BCUT2D eigenvalue weighted by molar-refractivity contribution is -0.121. The Balaban J connectivity index is 1.82. The first-order chi connectivity index (χ1) is 13.2. The van der Waals surface area contributed by atoms with E-state index in [2.05, 4.69) is 10.0 Å². The Morgan fingerprint density at radius 1 is 0.964 bits per heavy atom. The summed E-state index contributed by atoms with van der Waals surface area (Å²) in [5.74, 6) is -0.805. The zero-order valence-electron chi connectivity index (χ0n) is 15.4. The average molecular weight is 401 g/mol. The van der Waals surface area contributed by atoms with Crippen molar-refractivity contribution in [3.05, 3.63) is 48.0 Å². The molecule has 0 saturated carbocycles. The number of hydrogen-bond acceptors (Lipinski definition) is 5. The van der Waals surface area contributed by atoms with Gasteiger partial charge in [0.1, 0.15) is 0 Å². The van der Waals surface area contributed by atoms with Crippen LogP contribution in [0.5, 0.6) is 0 Å². The number of rotatable bonds is 5. The van der Waals surface area contributed by atoms with E-state index in [1.54, 1.807) is 19.1 Å². The molecule has 1 saturated heterocycles. The molecule has 9 heteroatoms. The standard InChI is InChI=1S/C19H19N3O5S/c1-12-11-16(7-8-17(12)22-18(24)9-10-19(22)25)28(26,27)21-15-5-3-14(4-6-15)20-13(2)23/h3-8,11,21H,9-10H2,1-2H3,(H,20,23). The summed E-state index contributed by atoms with van der Waals surface area (Å²) in [5, 5.41) is 2.60. The molecule has 1 aliphatic rings. The van der Waals surface area contributed by atoms with Gasteiger partial charge in [-0.3, -0.25) is 24.0 Å². The van der Waals surface area contributed by atoms with Crippen LogP contribution in [0, 0.1) is 6.92 Å². The number of benzene rings is 2. The molecule has 0 spiro atoms. The average Bonchev–Trinajstić information content (AvgIpc) is 2.94. The lowest BCUT2D eigenvalue weighted by Crippen LogP contribution is -2.29. The molecule has 1 fully saturated rings. The topological polar surface area (TPSA) is 113 Å². The van der Waals surface area contributed by atoms with Crippen molar-refractivity contribution in [2.75, 3.05) is 14.9 Å². The van der Waals surface area contributed by atoms with E-state index in [1.165, 1.54) is 37.3 Å². The predicted octanol–water partition coefficient (Wildman–Crippen LogP) is 2.41. The molecule has 2 N–H and O–H groups in total. The molecule has 0 aliphatic carbocycles. The second-order valence-corrected chi connectivity index (χ2v) is 8.12. The van der Waals surface area contributed by atoms with E-state index < -0.39 is 10.0 Å². The van der Waals surface area contributed by atoms with Gasteiger partial charge >= 0.3 is 0 Å². The van der Waals surface area contributed by atoms with Gasteiger partial charge in [-0.25, -0.2) is 8.42 Å². The largest absolute Gasteiger partial charge is 0.326 e. The summed E-state index contributed by atoms with van der Waals surface area (Å²) < 4.78 is 27.8. The van der Waals surface area contributed by atoms with Crippen molar-refractivity contribution < 1.29 is 22.8 Å². The van der Waals surface area contributed by atoms with Gasteiger partial charge in [-0.1, -0.05) is 0 Å². The summed E-state index contributed by atoms with van der Waals surface area (Å²) in [7, 11) is -3.86. The van der Waals surface area contributed by atoms with Gasteiger partial charge in [0, 0.05) is 31.1 Å². The van der Waals surface area contributed by atoms with Crippen LogP contribution in [0.4, 0.5) is 17.1 Å². The fourth-order valence-electron chi connectivity index (χ4n) is 2.93. The molecule has 0 bridgehead atoms. The monoisotopic (exact) mass is 401 g/mol. The molecule has 2 aromatic carbocycles. The predicted molar refractivity (Wildman–Crippen MR) is 104 cm³/mol. The summed E-state index contributed by atoms with van der Waals surface area (Å²) in [6.07, 6.45) is 0.322. The van der Waals surface area contributed by atoms with Crippen LogP contribution in [0.3, 0.4) is 0 Å². The van der Waals surface area contributed by atoms with Crippen molar-refractivity contribution in [2.24, 2.45) is 0 Å². The molecule has 2 aromatic rings. The molecule has 3 rings (SSSR count). The van der Waals surface area contributed by atoms with Gasteiger partial charge in [-0.15, -0.1) is 0 Å². The second kappa shape index (κ2) is 7.43. The number of carbonyl (C=O) groups excluding carboxylic acids is 3. The highest BCUT2D eigenvalue weighted by Gasteiger charge is 2.31. The maximum absolute atomic E-state index is 12.6. The second-order valence-electron chi connectivity index (χ2n) is 6.44. The van der Waals surface area contributed by atoms with Gasteiger partial charge in [0.2, 0.25) is 17.7 Å². The third-order valence-corrected chi connectivity index (χ3v) is 5.61. The Labute approximate surface area is 162 Å². The van der Waals surface area contributed by atoms with E-state index in [9.17, 15) is 22.8 Å². The van der Waals surface area contributed by atoms with Gasteiger partial charge in [0.05, 0.1) is 10.6 Å². The summed E-state index contributed by atoms with van der Waals surface area (Å²) in [6.45, 7) is 3.03. The number of anilines is 3. The maximum Gasteiger partial charge on any atom is 0.261 e. The molecule has 146 valence electrons. The third-order valence-electron chi connectivity index (χ3n) is 4.23. The smallest absolute Gasteiger partial charge is 0.261 e. The van der Waals surface area contributed by atoms with Crippen LogP contribution in [0.25, 0.3) is 0 Å². The molecule has 0 unspecified atom stereocenters. The van der Waals surface area contributed by atoms with E-state index in [-0.39, 0.29) is 35.5 Å². The minimum atomic E-state index is -3.86. The molecule has 1 heterocycles. The van der Waals surface area contributed by atoms with Gasteiger partial charge in [0.15, 0.2) is 0 Å². The molecule has 0 aromatic heterocycles. The number of sulfonamides is 1. The molecule has 3 amide bonds. The van der Waals surface area contributed by atoms with Gasteiger partial charge < -0.3 is 5.32 Å². The number of carbonyl (C=O) groups is 3. The first kappa shape index (κ1) is 19.6. The van der Waals surface area contributed by atoms with Crippen LogP contribution in [0.2, 0.25) is 0 Å². The zero-order chi connectivity index (χ0) is 20.5. The van der Waals surface area contributed by atoms with Crippen molar-refractivity contribution in [1.82, 2.24) is 0 Å². The highest BCUT2D eigenvalue weighted by molar-refractivity contribution is 7.92. The van der Waals surface area contributed by atoms with Crippen LogP contribution in [0.15, 0.2) is 47.4 Å². The molecule has 8 nitrogen and oxygen atoms in total. The maximum atomic E-state index is 12.6. The summed E-state index contributed by atoms with van der Waals surface area (Å²) in [6, 6.07) is 10.5. The SMILES string of the molecule is CC(=O)Nc1ccc(NS(=O)(=O)c2ccc(N3C(=O)CCC3=O)c(C)c2)cc1. The minimum absolute atomic E-state index is 0.0128. The van der Waals surface area contributed by atoms with Crippen LogP contribution < -0.4 is 14.9 Å². The number of nitrogens with one attached hydrogen (secondary N) is 2. The first-order valence-corrected chi connectivity index (χ1v) is 10.0. The Morgan fingerprint density at radius 3 is 2.07 bits per heavy atom. The van der Waals surface area contributed by atoms with Gasteiger partial charge in [0.25, 0.3) is 10.0 Å². The van der Waals surface area contributed by atoms with Crippen molar-refractivity contribution in [3.8, 4) is 0 Å². The quantitative estimate of drug-likeness (QED) is 0.747. The summed E-state index contributed by atoms with van der Waals surface area (Å²) in [5.41, 5.74) is 1.79. The summed E-state index contributed by atoms with van der Waals surface area (Å²) in [4.78, 5) is 36.0. The first-order valence-electron chi connectivity index (χ1n) is 8.54. The van der Waals surface area contributed by atoms with E-state index >= 15 is 0 Å². The Bertz CT molecular complexity index is 1050. The van der Waals surface area contributed by atoms with Crippen molar-refractivity contribution in [1.29, 1.82) is 0 Å². The van der Waals surface area contributed by atoms with Crippen molar-refractivity contribution in [3.63, 3.8) is 0 Å².